The highest BCUT2D eigenvalue weighted by molar-refractivity contribution is 6.16. The number of aromatic hydroxyl groups is 2. The van der Waals surface area contributed by atoms with E-state index in [9.17, 15) is 28.2 Å². The first kappa shape index (κ1) is 17.2. The molecule has 1 unspecified atom stereocenters. The Hall–Kier alpha value is -3.22. The van der Waals surface area contributed by atoms with Crippen molar-refractivity contribution >= 4 is 16.6 Å². The standard InChI is InChI=1S/C20H13F3O4/c21-20(22,23)13-4-2-1-3-11(13)12-9-27-15-8-6-10-5-7-14(24)19(26)16(10)17(15)18(12)25/h1-8,12,24,26H,9H2. The Morgan fingerprint density at radius 3 is 2.44 bits per heavy atom. The number of rotatable bonds is 1. The van der Waals surface area contributed by atoms with Crippen molar-refractivity contribution in [3.8, 4) is 17.2 Å². The molecule has 1 atom stereocenters. The van der Waals surface area contributed by atoms with E-state index in [1.807, 2.05) is 0 Å². The molecule has 3 aromatic rings. The quantitative estimate of drug-likeness (QED) is 0.610. The number of hydrogen-bond donors (Lipinski definition) is 2. The molecule has 4 nitrogen and oxygen atoms in total. The third kappa shape index (κ3) is 2.66. The Bertz CT molecular complexity index is 1070. The SMILES string of the molecule is O=C1c2c(ccc3ccc(O)c(O)c23)OCC1c1ccccc1C(F)(F)F. The van der Waals surface area contributed by atoms with Crippen LogP contribution in [0.25, 0.3) is 10.8 Å². The molecule has 0 spiro atoms. The van der Waals surface area contributed by atoms with Gasteiger partial charge in [0.15, 0.2) is 17.3 Å². The number of carbonyl (C=O) groups excluding carboxylic acids is 1. The van der Waals surface area contributed by atoms with Gasteiger partial charge in [0.2, 0.25) is 0 Å². The van der Waals surface area contributed by atoms with Crippen LogP contribution >= 0.6 is 0 Å². The minimum atomic E-state index is -4.61. The predicted molar refractivity (Wildman–Crippen MR) is 91.3 cm³/mol. The lowest BCUT2D eigenvalue weighted by Gasteiger charge is -2.27. The van der Waals surface area contributed by atoms with Crippen molar-refractivity contribution in [2.24, 2.45) is 0 Å². The van der Waals surface area contributed by atoms with Crippen molar-refractivity contribution in [2.75, 3.05) is 6.61 Å². The number of hydrogen-bond acceptors (Lipinski definition) is 4. The molecule has 2 N–H and O–H groups in total. The molecule has 1 heterocycles. The summed E-state index contributed by atoms with van der Waals surface area (Å²) in [6.07, 6.45) is -4.61. The number of halogens is 3. The van der Waals surface area contributed by atoms with E-state index in [1.54, 1.807) is 6.07 Å². The predicted octanol–water partition coefficient (Wildman–Crippen LogP) is 4.63. The highest BCUT2D eigenvalue weighted by atomic mass is 19.4. The summed E-state index contributed by atoms with van der Waals surface area (Å²) >= 11 is 0. The molecule has 4 rings (SSSR count). The molecule has 138 valence electrons. The van der Waals surface area contributed by atoms with Gasteiger partial charge in [0, 0.05) is 5.39 Å². The van der Waals surface area contributed by atoms with Crippen molar-refractivity contribution in [2.45, 2.75) is 12.1 Å². The van der Waals surface area contributed by atoms with Crippen LogP contribution in [0, 0.1) is 0 Å². The third-order valence-electron chi connectivity index (χ3n) is 4.71. The molecule has 0 saturated carbocycles. The summed E-state index contributed by atoms with van der Waals surface area (Å²) in [5, 5.41) is 20.5. The van der Waals surface area contributed by atoms with Gasteiger partial charge >= 0.3 is 6.18 Å². The van der Waals surface area contributed by atoms with Crippen LogP contribution in [0.2, 0.25) is 0 Å². The van der Waals surface area contributed by atoms with E-state index < -0.39 is 34.9 Å². The second kappa shape index (κ2) is 5.90. The fourth-order valence-electron chi connectivity index (χ4n) is 3.45. The lowest BCUT2D eigenvalue weighted by molar-refractivity contribution is -0.138. The molecule has 7 heteroatoms. The molecule has 1 aliphatic heterocycles. The number of alkyl halides is 3. The number of phenolic OH excluding ortho intramolecular Hbond substituents is 2. The van der Waals surface area contributed by atoms with Crippen molar-refractivity contribution in [3.05, 3.63) is 65.2 Å². The summed E-state index contributed by atoms with van der Waals surface area (Å²) in [7, 11) is 0. The van der Waals surface area contributed by atoms with Crippen LogP contribution in [0.15, 0.2) is 48.5 Å². The summed E-state index contributed by atoms with van der Waals surface area (Å²) < 4.78 is 45.7. The van der Waals surface area contributed by atoms with Crippen LogP contribution in [-0.4, -0.2) is 22.6 Å². The van der Waals surface area contributed by atoms with Gasteiger partial charge in [0.05, 0.1) is 17.0 Å². The van der Waals surface area contributed by atoms with Gasteiger partial charge in [-0.2, -0.15) is 13.2 Å². The maximum atomic E-state index is 13.4. The lowest BCUT2D eigenvalue weighted by Crippen LogP contribution is -2.28. The fourth-order valence-corrected chi connectivity index (χ4v) is 3.45. The molecular formula is C20H13F3O4. The molecule has 0 fully saturated rings. The molecule has 3 aromatic carbocycles. The number of ketones is 1. The average molecular weight is 374 g/mol. The van der Waals surface area contributed by atoms with E-state index in [0.29, 0.717) is 5.39 Å². The summed E-state index contributed by atoms with van der Waals surface area (Å²) in [4.78, 5) is 13.1. The van der Waals surface area contributed by atoms with Crippen molar-refractivity contribution in [1.29, 1.82) is 0 Å². The fraction of sp³-hybridized carbons (Fsp3) is 0.150. The van der Waals surface area contributed by atoms with E-state index in [4.69, 9.17) is 4.74 Å². The number of ether oxygens (including phenoxy) is 1. The molecule has 27 heavy (non-hydrogen) atoms. The van der Waals surface area contributed by atoms with Gasteiger partial charge in [-0.05, 0) is 29.1 Å². The molecule has 0 saturated heterocycles. The Morgan fingerprint density at radius 1 is 1.00 bits per heavy atom. The first-order valence-corrected chi connectivity index (χ1v) is 8.10. The molecule has 0 bridgehead atoms. The van der Waals surface area contributed by atoms with Gasteiger partial charge in [-0.1, -0.05) is 30.3 Å². The van der Waals surface area contributed by atoms with Crippen LogP contribution in [0.4, 0.5) is 13.2 Å². The van der Waals surface area contributed by atoms with E-state index >= 15 is 0 Å². The molecule has 0 aliphatic carbocycles. The maximum absolute atomic E-state index is 13.4. The Morgan fingerprint density at radius 2 is 1.70 bits per heavy atom. The molecule has 0 aromatic heterocycles. The largest absolute Gasteiger partial charge is 0.504 e. The molecular weight excluding hydrogens is 361 g/mol. The Kier molecular flexibility index (Phi) is 3.76. The van der Waals surface area contributed by atoms with E-state index in [-0.39, 0.29) is 28.9 Å². The number of fused-ring (bicyclic) bond motifs is 3. The van der Waals surface area contributed by atoms with Crippen molar-refractivity contribution < 1.29 is 32.9 Å². The van der Waals surface area contributed by atoms with Gasteiger partial charge in [0.25, 0.3) is 0 Å². The van der Waals surface area contributed by atoms with Crippen LogP contribution in [0.1, 0.15) is 27.4 Å². The van der Waals surface area contributed by atoms with E-state index in [2.05, 4.69) is 0 Å². The summed E-state index contributed by atoms with van der Waals surface area (Å²) in [5.74, 6) is -2.55. The highest BCUT2D eigenvalue weighted by Gasteiger charge is 2.40. The van der Waals surface area contributed by atoms with Crippen molar-refractivity contribution in [1.82, 2.24) is 0 Å². The van der Waals surface area contributed by atoms with Crippen LogP contribution in [-0.2, 0) is 6.18 Å². The Labute approximate surface area is 151 Å². The number of carbonyl (C=O) groups is 1. The van der Waals surface area contributed by atoms with Gasteiger partial charge < -0.3 is 14.9 Å². The summed E-state index contributed by atoms with van der Waals surface area (Å²) in [5.41, 5.74) is -1.12. The normalized spacial score (nSPS) is 16.9. The summed E-state index contributed by atoms with van der Waals surface area (Å²) in [6.45, 7) is -0.246. The van der Waals surface area contributed by atoms with Crippen molar-refractivity contribution in [3.63, 3.8) is 0 Å². The van der Waals surface area contributed by atoms with Crippen LogP contribution in [0.3, 0.4) is 0 Å². The lowest BCUT2D eigenvalue weighted by atomic mass is 9.84. The molecule has 1 aliphatic rings. The zero-order valence-electron chi connectivity index (χ0n) is 13.7. The topological polar surface area (TPSA) is 66.8 Å². The minimum absolute atomic E-state index is 0.0332. The first-order valence-electron chi connectivity index (χ1n) is 8.10. The minimum Gasteiger partial charge on any atom is -0.504 e. The highest BCUT2D eigenvalue weighted by Crippen LogP contribution is 2.45. The first-order chi connectivity index (χ1) is 12.8. The summed E-state index contributed by atoms with van der Waals surface area (Å²) in [6, 6.07) is 10.8. The number of benzene rings is 3. The third-order valence-corrected chi connectivity index (χ3v) is 4.71. The molecule has 0 amide bonds. The number of phenols is 2. The van der Waals surface area contributed by atoms with E-state index in [0.717, 1.165) is 6.07 Å². The van der Waals surface area contributed by atoms with Gasteiger partial charge in [-0.3, -0.25) is 4.79 Å². The van der Waals surface area contributed by atoms with Gasteiger partial charge in [-0.25, -0.2) is 0 Å². The smallest absolute Gasteiger partial charge is 0.416 e. The van der Waals surface area contributed by atoms with Crippen LogP contribution in [0.5, 0.6) is 17.2 Å². The zero-order valence-corrected chi connectivity index (χ0v) is 13.7. The Balaban J connectivity index is 1.93. The second-order valence-electron chi connectivity index (χ2n) is 6.28. The average Bonchev–Trinajstić information content (AvgIpc) is 2.64. The van der Waals surface area contributed by atoms with Crippen LogP contribution < -0.4 is 4.74 Å². The number of Topliss-reactive ketones (excluding diaryl/α,β-unsaturated/α-hetero) is 1. The molecule has 0 radical (unpaired) electrons. The van der Waals surface area contributed by atoms with E-state index in [1.165, 1.54) is 36.4 Å². The van der Waals surface area contributed by atoms with Gasteiger partial charge in [0.1, 0.15) is 12.4 Å². The monoisotopic (exact) mass is 374 g/mol. The van der Waals surface area contributed by atoms with Gasteiger partial charge in [-0.15, -0.1) is 0 Å². The second-order valence-corrected chi connectivity index (χ2v) is 6.28. The maximum Gasteiger partial charge on any atom is 0.416 e. The zero-order chi connectivity index (χ0) is 19.3.